The highest BCUT2D eigenvalue weighted by Gasteiger charge is 2.29. The van der Waals surface area contributed by atoms with Crippen LogP contribution in [0, 0.1) is 0 Å². The molecule has 3 N–H and O–H groups in total. The molecule has 3 aromatic carbocycles. The highest BCUT2D eigenvalue weighted by Crippen LogP contribution is 2.19. The molecule has 0 fully saturated rings. The number of benzene rings is 3. The van der Waals surface area contributed by atoms with Gasteiger partial charge < -0.3 is 15.6 Å². The first-order valence-electron chi connectivity index (χ1n) is 13.7. The molecular weight excluding hydrogens is 542 g/mol. The van der Waals surface area contributed by atoms with E-state index in [1.165, 1.54) is 4.68 Å². The van der Waals surface area contributed by atoms with E-state index in [0.29, 0.717) is 11.6 Å². The van der Waals surface area contributed by atoms with Crippen LogP contribution in [0.5, 0.6) is 0 Å². The van der Waals surface area contributed by atoms with Crippen LogP contribution >= 0.6 is 0 Å². The monoisotopic (exact) mass is 569 g/mol. The van der Waals surface area contributed by atoms with E-state index < -0.39 is 23.6 Å². The van der Waals surface area contributed by atoms with Crippen molar-refractivity contribution < 1.29 is 14.4 Å². The van der Waals surface area contributed by atoms with E-state index in [-0.39, 0.29) is 18.5 Å². The van der Waals surface area contributed by atoms with Crippen molar-refractivity contribution in [1.82, 2.24) is 35.4 Å². The first kappa shape index (κ1) is 27.3. The highest BCUT2D eigenvalue weighted by atomic mass is 16.2. The molecule has 10 nitrogen and oxygen atoms in total. The normalized spacial score (nSPS) is 11.6. The minimum absolute atomic E-state index is 0.0288. The Hall–Kier alpha value is -5.90. The van der Waals surface area contributed by atoms with Gasteiger partial charge in [-0.25, -0.2) is 14.6 Å². The van der Waals surface area contributed by atoms with E-state index in [1.54, 1.807) is 24.5 Å². The average Bonchev–Trinajstić information content (AvgIpc) is 3.71. The van der Waals surface area contributed by atoms with Gasteiger partial charge in [-0.2, -0.15) is 5.10 Å². The summed E-state index contributed by atoms with van der Waals surface area (Å²) < 4.78 is 1.52. The second-order valence-electron chi connectivity index (χ2n) is 9.85. The molecule has 0 spiro atoms. The number of hydrogen-bond acceptors (Lipinski definition) is 6. The van der Waals surface area contributed by atoms with Crippen LogP contribution in [-0.4, -0.2) is 48.4 Å². The smallest absolute Gasteiger partial charge is 0.289 e. The van der Waals surface area contributed by atoms with E-state index in [1.807, 2.05) is 91.0 Å². The number of aromatic nitrogens is 5. The van der Waals surface area contributed by atoms with Crippen molar-refractivity contribution in [2.45, 2.75) is 19.0 Å². The Labute approximate surface area is 246 Å². The topological polar surface area (TPSA) is 135 Å². The zero-order valence-corrected chi connectivity index (χ0v) is 23.0. The summed E-state index contributed by atoms with van der Waals surface area (Å²) in [6.07, 6.45) is 3.41. The van der Waals surface area contributed by atoms with Gasteiger partial charge in [0.25, 0.3) is 11.8 Å². The van der Waals surface area contributed by atoms with E-state index in [4.69, 9.17) is 0 Å². The first-order chi connectivity index (χ1) is 21.0. The van der Waals surface area contributed by atoms with Crippen molar-refractivity contribution in [2.24, 2.45) is 0 Å². The molecule has 6 rings (SSSR count). The zero-order chi connectivity index (χ0) is 29.6. The van der Waals surface area contributed by atoms with Crippen molar-refractivity contribution in [3.05, 3.63) is 132 Å². The van der Waals surface area contributed by atoms with E-state index in [2.05, 4.69) is 30.7 Å². The predicted octanol–water partition coefficient (Wildman–Crippen LogP) is 4.04. The van der Waals surface area contributed by atoms with Gasteiger partial charge in [-0.05, 0) is 35.9 Å². The minimum atomic E-state index is -1.13. The fourth-order valence-corrected chi connectivity index (χ4v) is 4.76. The zero-order valence-electron chi connectivity index (χ0n) is 23.0. The lowest BCUT2D eigenvalue weighted by atomic mass is 10.0. The molecule has 0 saturated carbocycles. The molecule has 212 valence electrons. The average molecular weight is 570 g/mol. The fourth-order valence-electron chi connectivity index (χ4n) is 4.76. The standard InChI is InChI=1S/C33H27N7O3/c41-30(33(43)35-21-29-36-26-15-7-8-16-27(26)37-29)28(20-22-10-3-1-4-11-22)38-32(42)24-14-9-18-34-31(24)40-19-17-25(39-40)23-12-5-2-6-13-23/h1-19,28H,20-21H2,(H,35,43)(H,36,37)(H,38,42)/t28-/m0/s1. The number of H-pyrrole nitrogens is 1. The number of imidazole rings is 1. The summed E-state index contributed by atoms with van der Waals surface area (Å²) in [5, 5.41) is 10.0. The summed E-state index contributed by atoms with van der Waals surface area (Å²) >= 11 is 0. The van der Waals surface area contributed by atoms with Gasteiger partial charge in [-0.15, -0.1) is 0 Å². The van der Waals surface area contributed by atoms with Gasteiger partial charge in [0.05, 0.1) is 28.8 Å². The van der Waals surface area contributed by atoms with Crippen LogP contribution in [0.15, 0.2) is 116 Å². The molecule has 6 aromatic rings. The van der Waals surface area contributed by atoms with Crippen LogP contribution in [0.1, 0.15) is 21.7 Å². The summed E-state index contributed by atoms with van der Waals surface area (Å²) in [7, 11) is 0. The lowest BCUT2D eigenvalue weighted by Crippen LogP contribution is -2.48. The number of para-hydroxylation sites is 2. The molecule has 0 unspecified atom stereocenters. The van der Waals surface area contributed by atoms with E-state index in [9.17, 15) is 14.4 Å². The lowest BCUT2D eigenvalue weighted by Gasteiger charge is -2.18. The molecule has 0 aliphatic heterocycles. The highest BCUT2D eigenvalue weighted by molar-refractivity contribution is 6.38. The van der Waals surface area contributed by atoms with Crippen molar-refractivity contribution in [1.29, 1.82) is 0 Å². The Morgan fingerprint density at radius 1 is 0.837 bits per heavy atom. The van der Waals surface area contributed by atoms with Crippen LogP contribution in [0.2, 0.25) is 0 Å². The predicted molar refractivity (Wildman–Crippen MR) is 161 cm³/mol. The minimum Gasteiger partial charge on any atom is -0.342 e. The van der Waals surface area contributed by atoms with Crippen LogP contribution in [0.4, 0.5) is 0 Å². The Kier molecular flexibility index (Phi) is 7.81. The number of carbonyl (C=O) groups is 3. The SMILES string of the molecule is O=C(NCc1nc2ccccc2[nH]1)C(=O)[C@H](Cc1ccccc1)NC(=O)c1cccnc1-n1ccc(-c2ccccc2)n1. The van der Waals surface area contributed by atoms with Gasteiger partial charge in [0.1, 0.15) is 11.9 Å². The van der Waals surface area contributed by atoms with Crippen molar-refractivity contribution in [3.63, 3.8) is 0 Å². The summed E-state index contributed by atoms with van der Waals surface area (Å²) in [4.78, 5) is 52.0. The number of ketones is 1. The number of carbonyl (C=O) groups excluding carboxylic acids is 3. The number of hydrogen-bond donors (Lipinski definition) is 3. The number of nitrogens with one attached hydrogen (secondary N) is 3. The summed E-state index contributed by atoms with van der Waals surface area (Å²) in [6.45, 7) is 0.0288. The van der Waals surface area contributed by atoms with E-state index in [0.717, 1.165) is 27.9 Å². The molecule has 0 aliphatic carbocycles. The Bertz CT molecular complexity index is 1860. The first-order valence-corrected chi connectivity index (χ1v) is 13.7. The van der Waals surface area contributed by atoms with Crippen molar-refractivity contribution >= 4 is 28.6 Å². The Balaban J connectivity index is 1.21. The number of pyridine rings is 1. The fraction of sp³-hybridized carbons (Fsp3) is 0.0909. The molecule has 3 heterocycles. The molecule has 10 heteroatoms. The maximum absolute atomic E-state index is 13.6. The molecule has 0 radical (unpaired) electrons. The summed E-state index contributed by atoms with van der Waals surface area (Å²) in [6, 6.07) is 30.3. The maximum atomic E-state index is 13.6. The number of amides is 2. The molecule has 0 aliphatic rings. The molecule has 0 saturated heterocycles. The van der Waals surface area contributed by atoms with Crippen LogP contribution < -0.4 is 10.6 Å². The summed E-state index contributed by atoms with van der Waals surface area (Å²) in [5.41, 5.74) is 4.22. The lowest BCUT2D eigenvalue weighted by molar-refractivity contribution is -0.139. The third-order valence-corrected chi connectivity index (χ3v) is 6.89. The van der Waals surface area contributed by atoms with Gasteiger partial charge >= 0.3 is 0 Å². The second-order valence-corrected chi connectivity index (χ2v) is 9.85. The maximum Gasteiger partial charge on any atom is 0.289 e. The van der Waals surface area contributed by atoms with Gasteiger partial charge in [-0.3, -0.25) is 14.4 Å². The quantitative estimate of drug-likeness (QED) is 0.213. The number of Topliss-reactive ketones (excluding diaryl/α,β-unsaturated/α-hetero) is 1. The number of fused-ring (bicyclic) bond motifs is 1. The Morgan fingerprint density at radius 2 is 1.58 bits per heavy atom. The number of nitrogens with zero attached hydrogens (tertiary/aromatic N) is 4. The number of rotatable bonds is 10. The van der Waals surface area contributed by atoms with Gasteiger partial charge in [0.2, 0.25) is 5.78 Å². The summed E-state index contributed by atoms with van der Waals surface area (Å²) in [5.74, 6) is -1.35. The van der Waals surface area contributed by atoms with E-state index >= 15 is 0 Å². The van der Waals surface area contributed by atoms with Crippen LogP contribution in [0.3, 0.4) is 0 Å². The molecule has 43 heavy (non-hydrogen) atoms. The number of aromatic amines is 1. The van der Waals surface area contributed by atoms with Gasteiger partial charge in [0.15, 0.2) is 5.82 Å². The van der Waals surface area contributed by atoms with Gasteiger partial charge in [0, 0.05) is 24.4 Å². The van der Waals surface area contributed by atoms with Crippen molar-refractivity contribution in [3.8, 4) is 17.1 Å². The molecule has 2 amide bonds. The third kappa shape index (κ3) is 6.23. The molecular formula is C33H27N7O3. The van der Waals surface area contributed by atoms with Crippen LogP contribution in [0.25, 0.3) is 28.1 Å². The van der Waals surface area contributed by atoms with Crippen molar-refractivity contribution in [2.75, 3.05) is 0 Å². The molecule has 1 atom stereocenters. The molecule has 3 aromatic heterocycles. The third-order valence-electron chi connectivity index (χ3n) is 6.89. The second kappa shape index (κ2) is 12.3. The van der Waals surface area contributed by atoms with Gasteiger partial charge in [-0.1, -0.05) is 72.8 Å². The molecule has 0 bridgehead atoms. The largest absolute Gasteiger partial charge is 0.342 e. The van der Waals surface area contributed by atoms with Crippen LogP contribution in [-0.2, 0) is 22.6 Å². The Morgan fingerprint density at radius 3 is 2.37 bits per heavy atom.